The molecule has 10 heteroatoms. The molecule has 0 radical (unpaired) electrons. The maximum absolute atomic E-state index is 14.9. The minimum absolute atomic E-state index is 0.349. The number of alkyl halides is 1. The first-order chi connectivity index (χ1) is 17.0. The third-order valence-corrected chi connectivity index (χ3v) is 7.09. The molecule has 0 bridgehead atoms. The number of thiazole rings is 1. The number of hydrogen-bond acceptors (Lipinski definition) is 8. The number of benzene rings is 2. The smallest absolute Gasteiger partial charge is 0.149 e. The second-order valence-electron chi connectivity index (χ2n) is 8.88. The van der Waals surface area contributed by atoms with Gasteiger partial charge in [0.25, 0.3) is 0 Å². The van der Waals surface area contributed by atoms with Crippen molar-refractivity contribution in [1.29, 1.82) is 0 Å². The number of fused-ring (bicyclic) bond motifs is 2. The Labute approximate surface area is 205 Å². The van der Waals surface area contributed by atoms with Crippen LogP contribution in [0, 0.1) is 0 Å². The maximum atomic E-state index is 14.9. The monoisotopic (exact) mass is 489 g/mol. The first-order valence-corrected chi connectivity index (χ1v) is 12.3. The molecule has 1 aliphatic heterocycles. The Balaban J connectivity index is 1.45. The zero-order valence-corrected chi connectivity index (χ0v) is 20.2. The lowest BCUT2D eigenvalue weighted by molar-refractivity contribution is 0.0323. The average Bonchev–Trinajstić information content (AvgIpc) is 3.49. The highest BCUT2D eigenvalue weighted by Crippen LogP contribution is 2.38. The first-order valence-electron chi connectivity index (χ1n) is 11.4. The van der Waals surface area contributed by atoms with E-state index in [1.54, 1.807) is 22.2 Å². The van der Waals surface area contributed by atoms with Gasteiger partial charge in [0.15, 0.2) is 0 Å². The van der Waals surface area contributed by atoms with Crippen LogP contribution >= 0.6 is 11.3 Å². The Hall–Kier alpha value is -3.63. The summed E-state index contributed by atoms with van der Waals surface area (Å²) in [7, 11) is 3.80. The Morgan fingerprint density at radius 2 is 2.00 bits per heavy atom. The van der Waals surface area contributed by atoms with E-state index < -0.39 is 12.3 Å². The van der Waals surface area contributed by atoms with Crippen LogP contribution in [0.15, 0.2) is 54.6 Å². The summed E-state index contributed by atoms with van der Waals surface area (Å²) in [5, 5.41) is 8.43. The van der Waals surface area contributed by atoms with E-state index in [2.05, 4.69) is 25.4 Å². The number of aromatic nitrogens is 5. The van der Waals surface area contributed by atoms with Crippen molar-refractivity contribution in [2.45, 2.75) is 18.7 Å². The Morgan fingerprint density at radius 3 is 2.83 bits per heavy atom. The number of piperidine rings is 1. The van der Waals surface area contributed by atoms with Gasteiger partial charge in [0, 0.05) is 37.6 Å². The molecule has 0 spiro atoms. The van der Waals surface area contributed by atoms with Crippen molar-refractivity contribution in [3.05, 3.63) is 54.6 Å². The van der Waals surface area contributed by atoms with Crippen LogP contribution < -0.4 is 10.1 Å². The number of halogens is 1. The Morgan fingerprint density at radius 1 is 1.09 bits per heavy atom. The molecular weight excluding hydrogens is 465 g/mol. The SMILES string of the molecule is CN1CC[C@@H](Oc2cc(-c3cnn(C)c3)cc3ncnc(Nc4ccc5ncsc5c4)c23)[C@@H](F)C1. The molecule has 0 saturated carbocycles. The summed E-state index contributed by atoms with van der Waals surface area (Å²) >= 11 is 1.58. The third-order valence-electron chi connectivity index (χ3n) is 6.30. The molecule has 5 aromatic rings. The van der Waals surface area contributed by atoms with Crippen LogP contribution in [0.5, 0.6) is 5.75 Å². The van der Waals surface area contributed by atoms with Crippen LogP contribution in [0.1, 0.15) is 6.42 Å². The molecule has 3 aromatic heterocycles. The molecule has 4 heterocycles. The van der Waals surface area contributed by atoms with Gasteiger partial charge in [-0.3, -0.25) is 4.68 Å². The summed E-state index contributed by atoms with van der Waals surface area (Å²) in [4.78, 5) is 15.4. The topological polar surface area (TPSA) is 81.0 Å². The van der Waals surface area contributed by atoms with Gasteiger partial charge in [-0.05, 0) is 49.4 Å². The van der Waals surface area contributed by atoms with Gasteiger partial charge >= 0.3 is 0 Å². The number of anilines is 2. The van der Waals surface area contributed by atoms with Crippen LogP contribution in [0.2, 0.25) is 0 Å². The van der Waals surface area contributed by atoms with Crippen LogP contribution in [0.4, 0.5) is 15.9 Å². The van der Waals surface area contributed by atoms with Gasteiger partial charge in [-0.15, -0.1) is 11.3 Å². The fourth-order valence-electron chi connectivity index (χ4n) is 4.48. The van der Waals surface area contributed by atoms with Crippen molar-refractivity contribution in [2.75, 3.05) is 25.5 Å². The van der Waals surface area contributed by atoms with E-state index in [1.807, 2.05) is 61.0 Å². The summed E-state index contributed by atoms with van der Waals surface area (Å²) in [6, 6.07) is 9.90. The largest absolute Gasteiger partial charge is 0.486 e. The van der Waals surface area contributed by atoms with Crippen molar-refractivity contribution in [3.63, 3.8) is 0 Å². The molecule has 6 rings (SSSR count). The average molecular weight is 490 g/mol. The summed E-state index contributed by atoms with van der Waals surface area (Å²) in [6.45, 7) is 1.13. The lowest BCUT2D eigenvalue weighted by Crippen LogP contribution is -2.45. The van der Waals surface area contributed by atoms with Crippen LogP contribution in [-0.4, -0.2) is 62.0 Å². The molecule has 1 saturated heterocycles. The van der Waals surface area contributed by atoms with Crippen molar-refractivity contribution >= 4 is 44.0 Å². The molecule has 1 N–H and O–H groups in total. The highest BCUT2D eigenvalue weighted by Gasteiger charge is 2.30. The van der Waals surface area contributed by atoms with Crippen molar-refractivity contribution in [1.82, 2.24) is 29.6 Å². The van der Waals surface area contributed by atoms with Crippen molar-refractivity contribution in [2.24, 2.45) is 7.05 Å². The van der Waals surface area contributed by atoms with Crippen molar-refractivity contribution in [3.8, 4) is 16.9 Å². The van der Waals surface area contributed by atoms with E-state index in [4.69, 9.17) is 4.74 Å². The van der Waals surface area contributed by atoms with Gasteiger partial charge < -0.3 is 15.0 Å². The number of nitrogens with one attached hydrogen (secondary N) is 1. The van der Waals surface area contributed by atoms with Crippen LogP contribution in [0.25, 0.3) is 32.2 Å². The highest BCUT2D eigenvalue weighted by atomic mass is 32.1. The summed E-state index contributed by atoms with van der Waals surface area (Å²) in [5.74, 6) is 1.16. The predicted octanol–water partition coefficient (Wildman–Crippen LogP) is 4.80. The van der Waals surface area contributed by atoms with E-state index >= 15 is 0 Å². The zero-order valence-electron chi connectivity index (χ0n) is 19.3. The quantitative estimate of drug-likeness (QED) is 0.380. The summed E-state index contributed by atoms with van der Waals surface area (Å²) in [5.41, 5.74) is 6.21. The molecule has 35 heavy (non-hydrogen) atoms. The van der Waals surface area contributed by atoms with E-state index in [1.165, 1.54) is 6.33 Å². The molecule has 2 atom stereocenters. The number of rotatable bonds is 5. The zero-order chi connectivity index (χ0) is 23.9. The van der Waals surface area contributed by atoms with Crippen LogP contribution in [-0.2, 0) is 7.05 Å². The fraction of sp³-hybridized carbons (Fsp3) is 0.280. The maximum Gasteiger partial charge on any atom is 0.149 e. The minimum Gasteiger partial charge on any atom is -0.486 e. The lowest BCUT2D eigenvalue weighted by Gasteiger charge is -2.32. The van der Waals surface area contributed by atoms with E-state index in [0.29, 0.717) is 30.0 Å². The normalized spacial score (nSPS) is 18.8. The first kappa shape index (κ1) is 21.9. The number of hydrogen-bond donors (Lipinski definition) is 1. The van der Waals surface area contributed by atoms with Gasteiger partial charge in [0.1, 0.15) is 30.2 Å². The second-order valence-corrected chi connectivity index (χ2v) is 9.76. The van der Waals surface area contributed by atoms with Gasteiger partial charge in [-0.25, -0.2) is 19.3 Å². The molecule has 178 valence electrons. The minimum atomic E-state index is -1.08. The molecule has 8 nitrogen and oxygen atoms in total. The summed E-state index contributed by atoms with van der Waals surface area (Å²) in [6.07, 6.45) is 4.24. The molecule has 1 fully saturated rings. The molecular formula is C25H24FN7OS. The molecule has 0 amide bonds. The Bertz CT molecular complexity index is 1520. The number of aryl methyl sites for hydroxylation is 1. The van der Waals surface area contributed by atoms with Crippen LogP contribution in [0.3, 0.4) is 0 Å². The van der Waals surface area contributed by atoms with Gasteiger partial charge in [0.2, 0.25) is 0 Å². The number of nitrogens with zero attached hydrogens (tertiary/aromatic N) is 6. The van der Waals surface area contributed by atoms with E-state index in [9.17, 15) is 4.39 Å². The fourth-order valence-corrected chi connectivity index (χ4v) is 5.20. The van der Waals surface area contributed by atoms with Gasteiger partial charge in [-0.2, -0.15) is 5.10 Å². The molecule has 0 unspecified atom stereocenters. The molecule has 2 aromatic carbocycles. The highest BCUT2D eigenvalue weighted by molar-refractivity contribution is 7.16. The summed E-state index contributed by atoms with van der Waals surface area (Å²) < 4.78 is 24.1. The van der Waals surface area contributed by atoms with Crippen molar-refractivity contribution < 1.29 is 9.13 Å². The second kappa shape index (κ2) is 8.86. The predicted molar refractivity (Wildman–Crippen MR) is 136 cm³/mol. The van der Waals surface area contributed by atoms with Gasteiger partial charge in [-0.1, -0.05) is 0 Å². The Kier molecular flexibility index (Phi) is 5.54. The number of likely N-dealkylation sites (tertiary alicyclic amines) is 1. The molecule has 0 aliphatic carbocycles. The van der Waals surface area contributed by atoms with Gasteiger partial charge in [0.05, 0.1) is 32.8 Å². The lowest BCUT2D eigenvalue weighted by atomic mass is 10.0. The standard InChI is InChI=1S/C25H24FN7OS/c1-32-6-5-21(18(26)12-32)34-22-8-15(16-10-30-33(2)11-16)7-20-24(22)25(28-13-27-20)31-17-3-4-19-23(9-17)35-14-29-19/h3-4,7-11,13-14,18,21H,5-6,12H2,1-2H3,(H,27,28,31)/t18-,21+/m0/s1. The van der Waals surface area contributed by atoms with E-state index in [0.717, 1.165) is 39.0 Å². The molecule has 1 aliphatic rings. The third kappa shape index (κ3) is 4.30. The van der Waals surface area contributed by atoms with E-state index in [-0.39, 0.29) is 0 Å². The number of ether oxygens (including phenoxy) is 1.